The van der Waals surface area contributed by atoms with Gasteiger partial charge in [0.05, 0.1) is 78.3 Å². The minimum Gasteiger partial charge on any atom is -1.00 e. The molecular weight excluding hydrogens is 776 g/mol. The summed E-state index contributed by atoms with van der Waals surface area (Å²) in [4.78, 5) is 27.8. The van der Waals surface area contributed by atoms with Crippen LogP contribution >= 0.6 is 0 Å². The second-order valence-electron chi connectivity index (χ2n) is 19.2. The van der Waals surface area contributed by atoms with Crippen molar-refractivity contribution >= 4 is 11.8 Å². The summed E-state index contributed by atoms with van der Waals surface area (Å²) in [6, 6.07) is 0. The molecule has 308 valence electrons. The topological polar surface area (TPSA) is 58.2 Å². The monoisotopic (exact) mass is 861 g/mol. The van der Waals surface area contributed by atoms with Gasteiger partial charge in [-0.25, -0.2) is 0 Å². The zero-order valence-corrected chi connectivity index (χ0v) is 38.4. The van der Waals surface area contributed by atoms with Crippen LogP contribution in [0.4, 0.5) is 0 Å². The number of nitrogens with one attached hydrogen (secondary N) is 2. The number of nitrogens with zero attached hydrogens (tertiary/aromatic N) is 2. The van der Waals surface area contributed by atoms with Crippen LogP contribution in [0.5, 0.6) is 0 Å². The van der Waals surface area contributed by atoms with Crippen LogP contribution in [0.15, 0.2) is 0 Å². The van der Waals surface area contributed by atoms with Gasteiger partial charge in [-0.15, -0.1) is 0 Å². The molecule has 0 aromatic carbocycles. The zero-order chi connectivity index (χ0) is 36.4. The van der Waals surface area contributed by atoms with E-state index in [1.807, 2.05) is 0 Å². The lowest BCUT2D eigenvalue weighted by atomic mass is 9.43. The van der Waals surface area contributed by atoms with Crippen LogP contribution in [0.25, 0.3) is 0 Å². The van der Waals surface area contributed by atoms with Crippen molar-refractivity contribution in [3.05, 3.63) is 0 Å². The maximum absolute atomic E-state index is 13.9. The van der Waals surface area contributed by atoms with Crippen molar-refractivity contribution in [1.82, 2.24) is 10.6 Å². The van der Waals surface area contributed by atoms with Gasteiger partial charge in [0, 0.05) is 0 Å². The van der Waals surface area contributed by atoms with E-state index in [1.165, 1.54) is 148 Å². The van der Waals surface area contributed by atoms with Crippen molar-refractivity contribution in [2.45, 2.75) is 181 Å². The highest BCUT2D eigenvalue weighted by molar-refractivity contribution is 5.88. The predicted molar refractivity (Wildman–Crippen MR) is 213 cm³/mol. The van der Waals surface area contributed by atoms with Gasteiger partial charge in [0.1, 0.15) is 0 Å². The summed E-state index contributed by atoms with van der Waals surface area (Å²) in [7, 11) is 9.28. The van der Waals surface area contributed by atoms with Crippen LogP contribution in [0.3, 0.4) is 0 Å². The van der Waals surface area contributed by atoms with Crippen molar-refractivity contribution in [2.75, 3.05) is 67.5 Å². The minimum absolute atomic E-state index is 0. The average Bonchev–Trinajstić information content (AvgIpc) is 3.05. The first kappa shape index (κ1) is 49.8. The Hall–Kier alpha value is -0.180. The molecule has 2 amide bonds. The average molecular weight is 863 g/mol. The summed E-state index contributed by atoms with van der Waals surface area (Å²) in [5, 5.41) is 6.82. The van der Waals surface area contributed by atoms with Crippen LogP contribution < -0.4 is 44.6 Å². The highest BCUT2D eigenvalue weighted by atomic mass is 79.9. The van der Waals surface area contributed by atoms with Gasteiger partial charge in [-0.05, 0) is 76.0 Å². The second-order valence-corrected chi connectivity index (χ2v) is 19.2. The molecule has 2 N–H and O–H groups in total. The molecule has 0 unspecified atom stereocenters. The van der Waals surface area contributed by atoms with Crippen molar-refractivity contribution in [1.29, 1.82) is 0 Å². The van der Waals surface area contributed by atoms with E-state index in [9.17, 15) is 9.59 Å². The number of unbranched alkanes of at least 4 members (excludes halogenated alkanes) is 18. The molecular formula is C44H86Br2N4O2. The molecule has 0 atom stereocenters. The third-order valence-electron chi connectivity index (χ3n) is 13.3. The van der Waals surface area contributed by atoms with E-state index in [-0.39, 0.29) is 56.6 Å². The van der Waals surface area contributed by atoms with Gasteiger partial charge in [-0.1, -0.05) is 117 Å². The number of amides is 2. The van der Waals surface area contributed by atoms with Crippen LogP contribution in [0, 0.1) is 22.7 Å². The standard InChI is InChI=1S/C44H84N4O2.2BrH/c1-7-9-11-13-15-17-19-21-23-25-29-47(3,4)31-27-45-41(49)43-34-39-33-40(35-43)37-44(36-39,38-43)42(50)46-28-32-48(5,6)30-26-24-22-20-18-16-14-12-10-8-2;;/h39-40H,7-38H2,1-6H3;2*1H. The fourth-order valence-corrected chi connectivity index (χ4v) is 10.4. The number of likely N-dealkylation sites (N-methyl/N-ethyl adjacent to an activating group) is 2. The first-order chi connectivity index (χ1) is 23.9. The van der Waals surface area contributed by atoms with E-state index in [1.54, 1.807) is 0 Å². The molecule has 4 fully saturated rings. The number of hydrogen-bond acceptors (Lipinski definition) is 2. The highest BCUT2D eigenvalue weighted by Gasteiger charge is 2.63. The Morgan fingerprint density at radius 1 is 0.481 bits per heavy atom. The number of halogens is 2. The lowest BCUT2D eigenvalue weighted by Gasteiger charge is -2.60. The summed E-state index contributed by atoms with van der Waals surface area (Å²) < 4.78 is 1.94. The molecule has 0 spiro atoms. The Kier molecular flexibility index (Phi) is 24.8. The minimum atomic E-state index is -0.333. The molecule has 0 aromatic rings. The lowest BCUT2D eigenvalue weighted by Crippen LogP contribution is -3.00. The maximum atomic E-state index is 13.9. The SMILES string of the molecule is CCCCCCCCCCCC[N+](C)(C)CCNC(=O)C12CC3CC(C1)CC(C(=O)NCC[N+](C)(C)CCCCCCCCCCCC)(C3)C2.[Br-].[Br-]. The number of carbonyl (C=O) groups is 2. The quantitative estimate of drug-likeness (QED) is 0.0855. The fourth-order valence-electron chi connectivity index (χ4n) is 10.4. The number of rotatable bonds is 30. The Morgan fingerprint density at radius 2 is 0.769 bits per heavy atom. The van der Waals surface area contributed by atoms with E-state index < -0.39 is 0 Å². The summed E-state index contributed by atoms with van der Waals surface area (Å²) in [5.74, 6) is 1.55. The van der Waals surface area contributed by atoms with Crippen LogP contribution in [-0.4, -0.2) is 88.2 Å². The highest BCUT2D eigenvalue weighted by Crippen LogP contribution is 2.65. The van der Waals surface area contributed by atoms with E-state index in [0.29, 0.717) is 11.8 Å². The van der Waals surface area contributed by atoms with Gasteiger partial charge in [0.15, 0.2) is 0 Å². The van der Waals surface area contributed by atoms with E-state index in [2.05, 4.69) is 52.7 Å². The van der Waals surface area contributed by atoms with Crippen molar-refractivity contribution in [3.8, 4) is 0 Å². The first-order valence-electron chi connectivity index (χ1n) is 22.2. The van der Waals surface area contributed by atoms with E-state index in [0.717, 1.165) is 67.2 Å². The molecule has 0 aliphatic heterocycles. The molecule has 4 bridgehead atoms. The van der Waals surface area contributed by atoms with Crippen molar-refractivity contribution < 1.29 is 52.5 Å². The fraction of sp³-hybridized carbons (Fsp3) is 0.955. The third kappa shape index (κ3) is 17.7. The molecule has 0 radical (unpaired) electrons. The normalized spacial score (nSPS) is 23.6. The number of carbonyl (C=O) groups excluding carboxylic acids is 2. The van der Waals surface area contributed by atoms with Gasteiger partial charge in [0.2, 0.25) is 11.8 Å². The molecule has 0 saturated heterocycles. The zero-order valence-electron chi connectivity index (χ0n) is 35.2. The van der Waals surface area contributed by atoms with Crippen LogP contribution in [0.1, 0.15) is 181 Å². The van der Waals surface area contributed by atoms with Gasteiger partial charge >= 0.3 is 0 Å². The summed E-state index contributed by atoms with van der Waals surface area (Å²) >= 11 is 0. The Balaban J connectivity index is 0.00000676. The van der Waals surface area contributed by atoms with Gasteiger partial charge in [-0.2, -0.15) is 0 Å². The van der Waals surface area contributed by atoms with Crippen molar-refractivity contribution in [2.24, 2.45) is 22.7 Å². The summed E-state index contributed by atoms with van der Waals surface area (Å²) in [5.41, 5.74) is -0.667. The molecule has 0 aromatic heterocycles. The molecule has 6 nitrogen and oxygen atoms in total. The summed E-state index contributed by atoms with van der Waals surface area (Å²) in [6.45, 7) is 10.4. The smallest absolute Gasteiger partial charge is 0.226 e. The predicted octanol–water partition coefficient (Wildman–Crippen LogP) is 3.81. The van der Waals surface area contributed by atoms with Crippen molar-refractivity contribution in [3.63, 3.8) is 0 Å². The summed E-state index contributed by atoms with van der Waals surface area (Å²) in [6.07, 6.45) is 33.4. The molecule has 4 saturated carbocycles. The van der Waals surface area contributed by atoms with Crippen LogP contribution in [0.2, 0.25) is 0 Å². The van der Waals surface area contributed by atoms with Crippen LogP contribution in [-0.2, 0) is 9.59 Å². The van der Waals surface area contributed by atoms with E-state index >= 15 is 0 Å². The molecule has 0 heterocycles. The molecule has 4 aliphatic carbocycles. The largest absolute Gasteiger partial charge is 1.00 e. The molecule has 4 aliphatic rings. The number of hydrogen-bond donors (Lipinski definition) is 2. The van der Waals surface area contributed by atoms with Gasteiger partial charge in [-0.3, -0.25) is 9.59 Å². The van der Waals surface area contributed by atoms with Gasteiger partial charge in [0.25, 0.3) is 0 Å². The molecule has 8 heteroatoms. The first-order valence-corrected chi connectivity index (χ1v) is 22.2. The molecule has 4 rings (SSSR count). The maximum Gasteiger partial charge on any atom is 0.226 e. The second kappa shape index (κ2) is 25.9. The lowest BCUT2D eigenvalue weighted by molar-refractivity contribution is -0.889. The third-order valence-corrected chi connectivity index (χ3v) is 13.3. The van der Waals surface area contributed by atoms with Gasteiger partial charge < -0.3 is 53.6 Å². The Labute approximate surface area is 344 Å². The number of quaternary nitrogens is 2. The van der Waals surface area contributed by atoms with E-state index in [4.69, 9.17) is 0 Å². The Bertz CT molecular complexity index is 888. The molecule has 52 heavy (non-hydrogen) atoms. The Morgan fingerprint density at radius 3 is 1.08 bits per heavy atom.